The van der Waals surface area contributed by atoms with E-state index >= 15 is 0 Å². The molecule has 3 rings (SSSR count). The number of benzene rings is 2. The van der Waals surface area contributed by atoms with Gasteiger partial charge >= 0.3 is 0 Å². The Hall–Kier alpha value is -3.41. The van der Waals surface area contributed by atoms with Crippen molar-refractivity contribution in [3.05, 3.63) is 77.2 Å². The maximum absolute atomic E-state index is 12.4. The number of rotatable bonds is 6. The van der Waals surface area contributed by atoms with Gasteiger partial charge in [-0.3, -0.25) is 4.79 Å². The molecule has 0 aliphatic rings. The highest BCUT2D eigenvalue weighted by atomic mass is 16.5. The van der Waals surface area contributed by atoms with Gasteiger partial charge in [0.2, 0.25) is 0 Å². The summed E-state index contributed by atoms with van der Waals surface area (Å²) in [6, 6.07) is 15.3. The van der Waals surface area contributed by atoms with Crippen molar-refractivity contribution in [2.24, 2.45) is 0 Å². The summed E-state index contributed by atoms with van der Waals surface area (Å²) in [7, 11) is 1.62. The summed E-state index contributed by atoms with van der Waals surface area (Å²) >= 11 is 0. The fourth-order valence-corrected chi connectivity index (χ4v) is 2.57. The van der Waals surface area contributed by atoms with Crippen LogP contribution in [0.15, 0.2) is 54.9 Å². The molecule has 1 amide bonds. The van der Waals surface area contributed by atoms with E-state index in [0.717, 1.165) is 28.1 Å². The molecule has 3 aromatic rings. The minimum Gasteiger partial charge on any atom is -0.497 e. The topological polar surface area (TPSA) is 76.1 Å². The van der Waals surface area contributed by atoms with E-state index in [1.165, 1.54) is 6.33 Å². The van der Waals surface area contributed by atoms with Crippen molar-refractivity contribution in [3.8, 4) is 5.75 Å². The van der Waals surface area contributed by atoms with Crippen molar-refractivity contribution < 1.29 is 9.53 Å². The fourth-order valence-electron chi connectivity index (χ4n) is 2.57. The number of nitrogens with zero attached hydrogens (tertiary/aromatic N) is 2. The quantitative estimate of drug-likeness (QED) is 0.698. The third kappa shape index (κ3) is 4.82. The molecule has 1 aromatic heterocycles. The summed E-state index contributed by atoms with van der Waals surface area (Å²) in [6.07, 6.45) is 1.38. The lowest BCUT2D eigenvalue weighted by Gasteiger charge is -2.11. The van der Waals surface area contributed by atoms with E-state index in [1.807, 2.05) is 50.2 Å². The average Bonchev–Trinajstić information content (AvgIpc) is 2.69. The van der Waals surface area contributed by atoms with E-state index in [0.29, 0.717) is 18.1 Å². The van der Waals surface area contributed by atoms with Crippen LogP contribution in [0.4, 0.5) is 11.5 Å². The number of carbonyl (C=O) groups excluding carboxylic acids is 1. The summed E-state index contributed by atoms with van der Waals surface area (Å²) in [5.41, 5.74) is 4.50. The van der Waals surface area contributed by atoms with Crippen molar-refractivity contribution in [2.45, 2.75) is 20.4 Å². The molecule has 27 heavy (non-hydrogen) atoms. The number of hydrogen-bond donors (Lipinski definition) is 2. The molecule has 0 aliphatic heterocycles. The molecule has 138 valence electrons. The van der Waals surface area contributed by atoms with E-state index in [1.54, 1.807) is 13.2 Å². The number of ether oxygens (including phenoxy) is 1. The standard InChI is InChI=1S/C21H22N4O2/c1-14-4-5-15(2)18(10-14)25-20-11-19(23-13-24-20)21(26)22-12-16-6-8-17(27-3)9-7-16/h4-11,13H,12H2,1-3H3,(H,22,26)(H,23,24,25). The number of nitrogens with one attached hydrogen (secondary N) is 2. The predicted octanol–water partition coefficient (Wildman–Crippen LogP) is 3.78. The van der Waals surface area contributed by atoms with Crippen LogP contribution in [-0.2, 0) is 6.54 Å². The molecule has 0 atom stereocenters. The summed E-state index contributed by atoms with van der Waals surface area (Å²) in [6.45, 7) is 4.46. The van der Waals surface area contributed by atoms with Gasteiger partial charge in [0.1, 0.15) is 23.6 Å². The Morgan fingerprint density at radius 1 is 1.04 bits per heavy atom. The van der Waals surface area contributed by atoms with Crippen LogP contribution < -0.4 is 15.4 Å². The third-order valence-corrected chi connectivity index (χ3v) is 4.17. The van der Waals surface area contributed by atoms with Gasteiger partial charge in [-0.05, 0) is 48.7 Å². The van der Waals surface area contributed by atoms with Crippen LogP contribution in [-0.4, -0.2) is 23.0 Å². The van der Waals surface area contributed by atoms with Gasteiger partial charge in [0.15, 0.2) is 0 Å². The SMILES string of the molecule is COc1ccc(CNC(=O)c2cc(Nc3cc(C)ccc3C)ncn2)cc1. The first kappa shape index (κ1) is 18.4. The monoisotopic (exact) mass is 362 g/mol. The molecule has 2 N–H and O–H groups in total. The number of anilines is 2. The first-order valence-corrected chi connectivity index (χ1v) is 8.62. The molecule has 0 fully saturated rings. The molecule has 6 nitrogen and oxygen atoms in total. The summed E-state index contributed by atoms with van der Waals surface area (Å²) in [5, 5.41) is 6.12. The largest absolute Gasteiger partial charge is 0.497 e. The Morgan fingerprint density at radius 3 is 2.56 bits per heavy atom. The normalized spacial score (nSPS) is 10.3. The van der Waals surface area contributed by atoms with Crippen molar-refractivity contribution in [2.75, 3.05) is 12.4 Å². The maximum Gasteiger partial charge on any atom is 0.270 e. The van der Waals surface area contributed by atoms with Gasteiger partial charge in [-0.1, -0.05) is 24.3 Å². The molecule has 1 heterocycles. The Labute approximate surface area is 158 Å². The van der Waals surface area contributed by atoms with Gasteiger partial charge in [0.05, 0.1) is 7.11 Å². The van der Waals surface area contributed by atoms with Gasteiger partial charge in [-0.2, -0.15) is 0 Å². The molecule has 0 aliphatic carbocycles. The molecular weight excluding hydrogens is 340 g/mol. The first-order valence-electron chi connectivity index (χ1n) is 8.62. The summed E-state index contributed by atoms with van der Waals surface area (Å²) in [4.78, 5) is 20.7. The van der Waals surface area contributed by atoms with E-state index in [4.69, 9.17) is 4.74 Å². The highest BCUT2D eigenvalue weighted by Gasteiger charge is 2.09. The second-order valence-electron chi connectivity index (χ2n) is 6.26. The fraction of sp³-hybridized carbons (Fsp3) is 0.190. The second kappa shape index (κ2) is 8.31. The molecule has 2 aromatic carbocycles. The van der Waals surface area contributed by atoms with Crippen LogP contribution >= 0.6 is 0 Å². The van der Waals surface area contributed by atoms with Crippen LogP contribution in [0.25, 0.3) is 0 Å². The van der Waals surface area contributed by atoms with Gasteiger partial charge in [0.25, 0.3) is 5.91 Å². The van der Waals surface area contributed by atoms with E-state index < -0.39 is 0 Å². The lowest BCUT2D eigenvalue weighted by atomic mass is 10.1. The number of amides is 1. The smallest absolute Gasteiger partial charge is 0.270 e. The number of carbonyl (C=O) groups is 1. The van der Waals surface area contributed by atoms with Crippen molar-refractivity contribution in [1.82, 2.24) is 15.3 Å². The molecular formula is C21H22N4O2. The molecule has 0 saturated carbocycles. The van der Waals surface area contributed by atoms with Gasteiger partial charge in [-0.15, -0.1) is 0 Å². The predicted molar refractivity (Wildman–Crippen MR) is 105 cm³/mol. The molecule has 6 heteroatoms. The van der Waals surface area contributed by atoms with Crippen LogP contribution in [0.3, 0.4) is 0 Å². The lowest BCUT2D eigenvalue weighted by molar-refractivity contribution is 0.0946. The third-order valence-electron chi connectivity index (χ3n) is 4.17. The van der Waals surface area contributed by atoms with Crippen molar-refractivity contribution >= 4 is 17.4 Å². The Balaban J connectivity index is 1.66. The number of hydrogen-bond acceptors (Lipinski definition) is 5. The highest BCUT2D eigenvalue weighted by molar-refractivity contribution is 5.92. The molecule has 0 unspecified atom stereocenters. The molecule has 0 spiro atoms. The summed E-state index contributed by atoms with van der Waals surface area (Å²) in [5.74, 6) is 1.11. The molecule has 0 radical (unpaired) electrons. The van der Waals surface area contributed by atoms with Gasteiger partial charge in [-0.25, -0.2) is 9.97 Å². The van der Waals surface area contributed by atoms with Crippen LogP contribution in [0, 0.1) is 13.8 Å². The van der Waals surface area contributed by atoms with Crippen LogP contribution in [0.2, 0.25) is 0 Å². The zero-order valence-electron chi connectivity index (χ0n) is 15.6. The Bertz CT molecular complexity index is 939. The van der Waals surface area contributed by atoms with E-state index in [9.17, 15) is 4.79 Å². The Kier molecular flexibility index (Phi) is 5.66. The maximum atomic E-state index is 12.4. The van der Waals surface area contributed by atoms with Crippen LogP contribution in [0.1, 0.15) is 27.2 Å². The van der Waals surface area contributed by atoms with E-state index in [2.05, 4.69) is 26.7 Å². The minimum absolute atomic E-state index is 0.253. The molecule has 0 bridgehead atoms. The number of aryl methyl sites for hydroxylation is 2. The van der Waals surface area contributed by atoms with Gasteiger partial charge < -0.3 is 15.4 Å². The zero-order valence-corrected chi connectivity index (χ0v) is 15.6. The van der Waals surface area contributed by atoms with Gasteiger partial charge in [0, 0.05) is 18.3 Å². The summed E-state index contributed by atoms with van der Waals surface area (Å²) < 4.78 is 5.13. The average molecular weight is 362 g/mol. The number of aromatic nitrogens is 2. The van der Waals surface area contributed by atoms with Crippen molar-refractivity contribution in [3.63, 3.8) is 0 Å². The first-order chi connectivity index (χ1) is 13.0. The second-order valence-corrected chi connectivity index (χ2v) is 6.26. The van der Waals surface area contributed by atoms with Crippen molar-refractivity contribution in [1.29, 1.82) is 0 Å². The Morgan fingerprint density at radius 2 is 1.81 bits per heavy atom. The minimum atomic E-state index is -0.253. The lowest BCUT2D eigenvalue weighted by Crippen LogP contribution is -2.24. The number of methoxy groups -OCH3 is 1. The molecule has 0 saturated heterocycles. The van der Waals surface area contributed by atoms with Crippen LogP contribution in [0.5, 0.6) is 5.75 Å². The van der Waals surface area contributed by atoms with E-state index in [-0.39, 0.29) is 5.91 Å². The zero-order chi connectivity index (χ0) is 19.2. The highest BCUT2D eigenvalue weighted by Crippen LogP contribution is 2.20.